The predicted octanol–water partition coefficient (Wildman–Crippen LogP) is 3.97. The number of rotatable bonds is 9. The Kier molecular flexibility index (Phi) is 7.70. The van der Waals surface area contributed by atoms with Crippen LogP contribution in [0.2, 0.25) is 0 Å². The third-order valence-corrected chi connectivity index (χ3v) is 4.10. The first kappa shape index (κ1) is 20.0. The second-order valence-electron chi connectivity index (χ2n) is 6.82. The molecule has 0 saturated heterocycles. The molecule has 0 fully saturated rings. The van der Waals surface area contributed by atoms with E-state index in [0.717, 1.165) is 36.3 Å². The second kappa shape index (κ2) is 10.0. The van der Waals surface area contributed by atoms with Crippen LogP contribution in [-0.2, 0) is 0 Å². The molecule has 0 atom stereocenters. The molecule has 136 valence electrons. The highest BCUT2D eigenvalue weighted by Crippen LogP contribution is 2.29. The van der Waals surface area contributed by atoms with Gasteiger partial charge in [-0.15, -0.1) is 0 Å². The third-order valence-electron chi connectivity index (χ3n) is 4.10. The lowest BCUT2D eigenvalue weighted by atomic mass is 9.95. The lowest BCUT2D eigenvalue weighted by Gasteiger charge is -2.14. The maximum absolute atomic E-state index is 6.17. The molecular formula is C21H28BN3O. The standard InChI is InChI=1S/C21H28BN3O/c1-5-25(4)15-23-19-14-18(22)21(26-13-9-10-16(2)3)24-20(19)17-11-7-6-8-12-17/h6-8,11-12,14-16H,5,9-10,13H2,1-4H3. The number of ether oxygens (including phenoxy) is 1. The number of aliphatic imine (C=N–C) groups is 1. The molecule has 1 aromatic heterocycles. The van der Waals surface area contributed by atoms with Crippen molar-refractivity contribution in [3.63, 3.8) is 0 Å². The number of nitrogens with zero attached hydrogens (tertiary/aromatic N) is 3. The van der Waals surface area contributed by atoms with Crippen LogP contribution in [0, 0.1) is 5.92 Å². The van der Waals surface area contributed by atoms with E-state index >= 15 is 0 Å². The van der Waals surface area contributed by atoms with Crippen molar-refractivity contribution in [2.45, 2.75) is 33.6 Å². The molecule has 0 amide bonds. The minimum Gasteiger partial charge on any atom is -0.478 e. The summed E-state index contributed by atoms with van der Waals surface area (Å²) in [4.78, 5) is 11.3. The Hall–Kier alpha value is -2.30. The molecule has 0 spiro atoms. The third kappa shape index (κ3) is 5.90. The van der Waals surface area contributed by atoms with Crippen LogP contribution in [0.1, 0.15) is 33.6 Å². The normalized spacial score (nSPS) is 11.3. The first-order chi connectivity index (χ1) is 12.5. The molecule has 0 aliphatic rings. The van der Waals surface area contributed by atoms with Gasteiger partial charge in [-0.05, 0) is 37.2 Å². The summed E-state index contributed by atoms with van der Waals surface area (Å²) < 4.78 is 5.85. The molecule has 0 bridgehead atoms. The molecule has 5 heteroatoms. The first-order valence-electron chi connectivity index (χ1n) is 9.24. The molecule has 0 N–H and O–H groups in total. The van der Waals surface area contributed by atoms with E-state index in [4.69, 9.17) is 12.6 Å². The molecule has 0 unspecified atom stereocenters. The summed E-state index contributed by atoms with van der Waals surface area (Å²) in [7, 11) is 8.16. The molecule has 0 aliphatic carbocycles. The Morgan fingerprint density at radius 3 is 2.65 bits per heavy atom. The molecule has 1 aromatic carbocycles. The van der Waals surface area contributed by atoms with Gasteiger partial charge in [0.15, 0.2) is 0 Å². The fraction of sp³-hybridized carbons (Fsp3) is 0.429. The highest BCUT2D eigenvalue weighted by atomic mass is 16.5. The Morgan fingerprint density at radius 1 is 1.27 bits per heavy atom. The molecule has 1 heterocycles. The Morgan fingerprint density at radius 2 is 2.00 bits per heavy atom. The monoisotopic (exact) mass is 349 g/mol. The van der Waals surface area contributed by atoms with Gasteiger partial charge in [-0.25, -0.2) is 9.98 Å². The van der Waals surface area contributed by atoms with Crippen LogP contribution >= 0.6 is 0 Å². The van der Waals surface area contributed by atoms with Crippen LogP contribution in [0.15, 0.2) is 41.4 Å². The lowest BCUT2D eigenvalue weighted by molar-refractivity contribution is 0.290. The highest BCUT2D eigenvalue weighted by molar-refractivity contribution is 6.34. The number of hydrogen-bond acceptors (Lipinski definition) is 3. The van der Waals surface area contributed by atoms with E-state index in [0.29, 0.717) is 23.9 Å². The second-order valence-corrected chi connectivity index (χ2v) is 6.82. The maximum atomic E-state index is 6.17. The summed E-state index contributed by atoms with van der Waals surface area (Å²) in [6.07, 6.45) is 3.91. The average molecular weight is 349 g/mol. The smallest absolute Gasteiger partial charge is 0.206 e. The largest absolute Gasteiger partial charge is 0.478 e. The van der Waals surface area contributed by atoms with Crippen LogP contribution in [0.25, 0.3) is 11.3 Å². The summed E-state index contributed by atoms with van der Waals surface area (Å²) in [5.41, 5.74) is 3.02. The Bertz CT molecular complexity index is 717. The van der Waals surface area contributed by atoms with Crippen molar-refractivity contribution in [2.24, 2.45) is 10.9 Å². The number of hydrogen-bond donors (Lipinski definition) is 0. The van der Waals surface area contributed by atoms with Crippen LogP contribution < -0.4 is 10.2 Å². The number of aromatic nitrogens is 1. The lowest BCUT2D eigenvalue weighted by Crippen LogP contribution is -2.15. The van der Waals surface area contributed by atoms with Crippen LogP contribution in [-0.4, -0.2) is 44.3 Å². The van der Waals surface area contributed by atoms with Crippen molar-refractivity contribution in [3.05, 3.63) is 36.4 Å². The zero-order chi connectivity index (χ0) is 18.9. The molecular weight excluding hydrogens is 321 g/mol. The minimum atomic E-state index is 0.482. The van der Waals surface area contributed by atoms with Gasteiger partial charge in [-0.3, -0.25) is 0 Å². The van der Waals surface area contributed by atoms with Gasteiger partial charge in [-0.2, -0.15) is 0 Å². The van der Waals surface area contributed by atoms with E-state index in [-0.39, 0.29) is 0 Å². The first-order valence-corrected chi connectivity index (χ1v) is 9.24. The molecule has 0 saturated carbocycles. The van der Waals surface area contributed by atoms with Crippen molar-refractivity contribution in [3.8, 4) is 17.1 Å². The van der Waals surface area contributed by atoms with Crippen LogP contribution in [0.4, 0.5) is 5.69 Å². The van der Waals surface area contributed by atoms with Crippen LogP contribution in [0.5, 0.6) is 5.88 Å². The van der Waals surface area contributed by atoms with E-state index < -0.39 is 0 Å². The van der Waals surface area contributed by atoms with E-state index in [1.165, 1.54) is 0 Å². The predicted molar refractivity (Wildman–Crippen MR) is 111 cm³/mol. The van der Waals surface area contributed by atoms with Gasteiger partial charge in [0, 0.05) is 19.2 Å². The van der Waals surface area contributed by atoms with Crippen molar-refractivity contribution in [1.29, 1.82) is 0 Å². The molecule has 2 rings (SSSR count). The van der Waals surface area contributed by atoms with Crippen LogP contribution in [0.3, 0.4) is 0 Å². The van der Waals surface area contributed by atoms with E-state index in [1.807, 2.05) is 48.3 Å². The highest BCUT2D eigenvalue weighted by Gasteiger charge is 2.12. The number of benzene rings is 1. The van der Waals surface area contributed by atoms with E-state index in [2.05, 4.69) is 30.7 Å². The van der Waals surface area contributed by atoms with Gasteiger partial charge >= 0.3 is 0 Å². The molecule has 4 nitrogen and oxygen atoms in total. The zero-order valence-electron chi connectivity index (χ0n) is 16.3. The SMILES string of the molecule is [B]c1cc(N=CN(C)CC)c(-c2ccccc2)nc1OCCCC(C)C. The van der Waals surface area contributed by atoms with Gasteiger partial charge in [0.1, 0.15) is 7.85 Å². The van der Waals surface area contributed by atoms with Crippen molar-refractivity contribution < 1.29 is 4.74 Å². The van der Waals surface area contributed by atoms with Gasteiger partial charge < -0.3 is 9.64 Å². The zero-order valence-corrected chi connectivity index (χ0v) is 16.3. The molecule has 2 radical (unpaired) electrons. The summed E-state index contributed by atoms with van der Waals surface area (Å²) in [5, 5.41) is 0. The average Bonchev–Trinajstić information content (AvgIpc) is 2.64. The molecule has 2 aromatic rings. The minimum absolute atomic E-state index is 0.482. The van der Waals surface area contributed by atoms with Crippen molar-refractivity contribution in [1.82, 2.24) is 9.88 Å². The Labute approximate surface area is 158 Å². The summed E-state index contributed by atoms with van der Waals surface area (Å²) >= 11 is 0. The van der Waals surface area contributed by atoms with E-state index in [1.54, 1.807) is 6.34 Å². The fourth-order valence-corrected chi connectivity index (χ4v) is 2.43. The maximum Gasteiger partial charge on any atom is 0.206 e. The van der Waals surface area contributed by atoms with E-state index in [9.17, 15) is 0 Å². The van der Waals surface area contributed by atoms with Gasteiger partial charge in [0.25, 0.3) is 0 Å². The van der Waals surface area contributed by atoms with Crippen molar-refractivity contribution in [2.75, 3.05) is 20.2 Å². The quantitative estimate of drug-likeness (QED) is 0.298. The number of pyridine rings is 1. The molecule has 26 heavy (non-hydrogen) atoms. The molecule has 0 aliphatic heterocycles. The fourth-order valence-electron chi connectivity index (χ4n) is 2.43. The van der Waals surface area contributed by atoms with Gasteiger partial charge in [0.05, 0.1) is 24.3 Å². The summed E-state index contributed by atoms with van der Waals surface area (Å²) in [5.74, 6) is 1.14. The summed E-state index contributed by atoms with van der Waals surface area (Å²) in [6, 6.07) is 11.8. The van der Waals surface area contributed by atoms with Gasteiger partial charge in [0.2, 0.25) is 5.88 Å². The van der Waals surface area contributed by atoms with Gasteiger partial charge in [-0.1, -0.05) is 44.2 Å². The summed E-state index contributed by atoms with van der Waals surface area (Å²) in [6.45, 7) is 7.99. The topological polar surface area (TPSA) is 37.7 Å². The van der Waals surface area contributed by atoms with Crippen molar-refractivity contribution >= 4 is 25.3 Å². The Balaban J connectivity index is 2.30.